The van der Waals surface area contributed by atoms with Gasteiger partial charge in [-0.2, -0.15) is 0 Å². The number of carboxylic acid groups (broad SMARTS) is 1. The summed E-state index contributed by atoms with van der Waals surface area (Å²) in [6, 6.07) is 8.43. The molecule has 1 aromatic carbocycles. The van der Waals surface area contributed by atoms with Crippen molar-refractivity contribution in [2.75, 3.05) is 0 Å². The molecular formula is C18H22N2O2. The molecule has 116 valence electrons. The van der Waals surface area contributed by atoms with Gasteiger partial charge in [0.05, 0.1) is 5.69 Å². The third-order valence-corrected chi connectivity index (χ3v) is 4.57. The number of fused-ring (bicyclic) bond motifs is 1. The van der Waals surface area contributed by atoms with Gasteiger partial charge in [-0.15, -0.1) is 0 Å². The molecule has 3 rings (SSSR count). The number of aromatic nitrogens is 2. The van der Waals surface area contributed by atoms with Crippen LogP contribution in [0.15, 0.2) is 24.3 Å². The molecule has 2 aromatic rings. The molecule has 0 saturated heterocycles. The fraction of sp³-hybridized carbons (Fsp3) is 0.444. The van der Waals surface area contributed by atoms with Crippen LogP contribution in [0.4, 0.5) is 0 Å². The second-order valence-corrected chi connectivity index (χ2v) is 5.85. The lowest BCUT2D eigenvalue weighted by Crippen LogP contribution is -2.19. The summed E-state index contributed by atoms with van der Waals surface area (Å²) in [7, 11) is 0. The standard InChI is InChI=1S/C18H22N2O2/c1-3-12-8-10-13(11-9-12)17-19-16-14(18(21)22)6-5-7-15(16)20(17)4-2/h8-11,14H,3-7H2,1-2H3,(H,21,22). The second kappa shape index (κ2) is 5.95. The van der Waals surface area contributed by atoms with Gasteiger partial charge in [0.1, 0.15) is 11.7 Å². The zero-order chi connectivity index (χ0) is 15.7. The molecule has 4 heteroatoms. The first-order valence-corrected chi connectivity index (χ1v) is 8.07. The van der Waals surface area contributed by atoms with Gasteiger partial charge in [0, 0.05) is 17.8 Å². The Hall–Kier alpha value is -2.10. The summed E-state index contributed by atoms with van der Waals surface area (Å²) in [6.45, 7) is 5.05. The van der Waals surface area contributed by atoms with E-state index in [1.54, 1.807) is 0 Å². The van der Waals surface area contributed by atoms with Crippen LogP contribution in [0.25, 0.3) is 11.4 Å². The van der Waals surface area contributed by atoms with Crippen molar-refractivity contribution in [3.8, 4) is 11.4 Å². The monoisotopic (exact) mass is 298 g/mol. The van der Waals surface area contributed by atoms with Gasteiger partial charge in [0.25, 0.3) is 0 Å². The molecule has 0 fully saturated rings. The number of hydrogen-bond acceptors (Lipinski definition) is 2. The molecule has 1 aromatic heterocycles. The van der Waals surface area contributed by atoms with Gasteiger partial charge in [0.15, 0.2) is 0 Å². The predicted octanol–water partition coefficient (Wildman–Crippen LogP) is 3.64. The third-order valence-electron chi connectivity index (χ3n) is 4.57. The van der Waals surface area contributed by atoms with E-state index in [1.165, 1.54) is 5.56 Å². The molecule has 1 unspecified atom stereocenters. The molecule has 1 aliphatic carbocycles. The van der Waals surface area contributed by atoms with Crippen molar-refractivity contribution >= 4 is 5.97 Å². The zero-order valence-electron chi connectivity index (χ0n) is 13.2. The Morgan fingerprint density at radius 2 is 2.05 bits per heavy atom. The third kappa shape index (κ3) is 2.43. The molecule has 0 amide bonds. The van der Waals surface area contributed by atoms with Crippen LogP contribution >= 0.6 is 0 Å². The van der Waals surface area contributed by atoms with Gasteiger partial charge in [-0.05, 0) is 38.2 Å². The van der Waals surface area contributed by atoms with E-state index in [0.29, 0.717) is 6.42 Å². The molecule has 1 aliphatic rings. The Balaban J connectivity index is 2.10. The average Bonchev–Trinajstić information content (AvgIpc) is 2.93. The smallest absolute Gasteiger partial charge is 0.312 e. The van der Waals surface area contributed by atoms with Crippen LogP contribution in [-0.4, -0.2) is 20.6 Å². The summed E-state index contributed by atoms with van der Waals surface area (Å²) >= 11 is 0. The average molecular weight is 298 g/mol. The van der Waals surface area contributed by atoms with Gasteiger partial charge in [-0.3, -0.25) is 4.79 Å². The Morgan fingerprint density at radius 3 is 2.64 bits per heavy atom. The van der Waals surface area contributed by atoms with Crippen molar-refractivity contribution in [3.63, 3.8) is 0 Å². The largest absolute Gasteiger partial charge is 0.481 e. The number of aliphatic carboxylic acids is 1. The van der Waals surface area contributed by atoms with Crippen molar-refractivity contribution in [1.29, 1.82) is 0 Å². The van der Waals surface area contributed by atoms with E-state index in [4.69, 9.17) is 4.98 Å². The van der Waals surface area contributed by atoms with E-state index in [0.717, 1.165) is 48.6 Å². The fourth-order valence-corrected chi connectivity index (χ4v) is 3.35. The van der Waals surface area contributed by atoms with Crippen molar-refractivity contribution in [3.05, 3.63) is 41.2 Å². The summed E-state index contributed by atoms with van der Waals surface area (Å²) in [6.07, 6.45) is 3.55. The lowest BCUT2D eigenvalue weighted by molar-refractivity contribution is -0.139. The molecule has 4 nitrogen and oxygen atoms in total. The van der Waals surface area contributed by atoms with Crippen LogP contribution in [0.5, 0.6) is 0 Å². The van der Waals surface area contributed by atoms with Crippen LogP contribution in [0.3, 0.4) is 0 Å². The van der Waals surface area contributed by atoms with Gasteiger partial charge < -0.3 is 9.67 Å². The van der Waals surface area contributed by atoms with Crippen molar-refractivity contribution in [1.82, 2.24) is 9.55 Å². The highest BCUT2D eigenvalue weighted by atomic mass is 16.4. The van der Waals surface area contributed by atoms with Crippen LogP contribution in [0.1, 0.15) is 49.6 Å². The molecule has 0 aliphatic heterocycles. The topological polar surface area (TPSA) is 55.1 Å². The van der Waals surface area contributed by atoms with Crippen molar-refractivity contribution in [2.45, 2.75) is 52.0 Å². The van der Waals surface area contributed by atoms with Crippen molar-refractivity contribution in [2.24, 2.45) is 0 Å². The number of benzene rings is 1. The number of carboxylic acids is 1. The summed E-state index contributed by atoms with van der Waals surface area (Å²) < 4.78 is 2.19. The molecule has 0 saturated carbocycles. The van der Waals surface area contributed by atoms with Gasteiger partial charge >= 0.3 is 5.97 Å². The van der Waals surface area contributed by atoms with Crippen molar-refractivity contribution < 1.29 is 9.90 Å². The SMILES string of the molecule is CCc1ccc(-c2nc3c(n2CC)CCCC3C(=O)O)cc1. The number of nitrogens with zero attached hydrogens (tertiary/aromatic N) is 2. The minimum Gasteiger partial charge on any atom is -0.481 e. The molecule has 0 radical (unpaired) electrons. The highest BCUT2D eigenvalue weighted by Gasteiger charge is 2.31. The Kier molecular flexibility index (Phi) is 4.01. The van der Waals surface area contributed by atoms with Gasteiger partial charge in [-0.1, -0.05) is 31.2 Å². The molecule has 1 atom stereocenters. The normalized spacial score (nSPS) is 17.3. The Labute approximate surface area is 130 Å². The first-order chi connectivity index (χ1) is 10.7. The van der Waals surface area contributed by atoms with Gasteiger partial charge in [-0.25, -0.2) is 4.98 Å². The van der Waals surface area contributed by atoms with E-state index in [9.17, 15) is 9.90 Å². The number of aryl methyl sites for hydroxylation is 1. The number of imidazole rings is 1. The van der Waals surface area contributed by atoms with E-state index >= 15 is 0 Å². The lowest BCUT2D eigenvalue weighted by Gasteiger charge is -2.19. The van der Waals surface area contributed by atoms with E-state index in [1.807, 2.05) is 0 Å². The maximum Gasteiger partial charge on any atom is 0.312 e. The molecule has 1 heterocycles. The van der Waals surface area contributed by atoms with Crippen LogP contribution in [0, 0.1) is 0 Å². The molecule has 1 N–H and O–H groups in total. The maximum absolute atomic E-state index is 11.5. The zero-order valence-corrected chi connectivity index (χ0v) is 13.2. The van der Waals surface area contributed by atoms with Gasteiger partial charge in [0.2, 0.25) is 0 Å². The lowest BCUT2D eigenvalue weighted by atomic mass is 9.90. The predicted molar refractivity (Wildman–Crippen MR) is 86.0 cm³/mol. The molecule has 22 heavy (non-hydrogen) atoms. The highest BCUT2D eigenvalue weighted by Crippen LogP contribution is 2.34. The Morgan fingerprint density at radius 1 is 1.32 bits per heavy atom. The molecule has 0 spiro atoms. The van der Waals surface area contributed by atoms with Crippen LogP contribution < -0.4 is 0 Å². The summed E-state index contributed by atoms with van der Waals surface area (Å²) in [4.78, 5) is 16.2. The maximum atomic E-state index is 11.5. The van der Waals surface area contributed by atoms with E-state index < -0.39 is 11.9 Å². The summed E-state index contributed by atoms with van der Waals surface area (Å²) in [5.74, 6) is -0.303. The Bertz CT molecular complexity index is 686. The number of carbonyl (C=O) groups is 1. The molecular weight excluding hydrogens is 276 g/mol. The van der Waals surface area contributed by atoms with Crippen LogP contribution in [0.2, 0.25) is 0 Å². The first kappa shape index (κ1) is 14.8. The number of hydrogen-bond donors (Lipinski definition) is 1. The van der Waals surface area contributed by atoms with Crippen LogP contribution in [-0.2, 0) is 24.2 Å². The summed E-state index contributed by atoms with van der Waals surface area (Å²) in [5, 5.41) is 9.45. The van der Waals surface area contributed by atoms with E-state index in [-0.39, 0.29) is 0 Å². The second-order valence-electron chi connectivity index (χ2n) is 5.85. The first-order valence-electron chi connectivity index (χ1n) is 8.07. The minimum absolute atomic E-state index is 0.454. The highest BCUT2D eigenvalue weighted by molar-refractivity contribution is 5.76. The minimum atomic E-state index is -0.755. The van der Waals surface area contributed by atoms with E-state index in [2.05, 4.69) is 42.7 Å². The molecule has 0 bridgehead atoms. The summed E-state index contributed by atoms with van der Waals surface area (Å²) in [5.41, 5.74) is 4.25. The fourth-order valence-electron chi connectivity index (χ4n) is 3.35. The quantitative estimate of drug-likeness (QED) is 0.937. The number of rotatable bonds is 4.